The van der Waals surface area contributed by atoms with Crippen LogP contribution >= 0.6 is 23.2 Å². The molecular weight excluding hydrogens is 339 g/mol. The molecule has 23 heavy (non-hydrogen) atoms. The number of anilines is 2. The van der Waals surface area contributed by atoms with Crippen molar-refractivity contribution in [1.82, 2.24) is 0 Å². The van der Waals surface area contributed by atoms with Gasteiger partial charge in [0.15, 0.2) is 6.61 Å². The fourth-order valence-electron chi connectivity index (χ4n) is 1.84. The molecule has 0 saturated carbocycles. The molecule has 0 radical (unpaired) electrons. The third kappa shape index (κ3) is 5.81. The number of carbonyl (C=O) groups excluding carboxylic acids is 2. The molecule has 0 aliphatic rings. The van der Waals surface area contributed by atoms with E-state index in [0.29, 0.717) is 27.2 Å². The van der Waals surface area contributed by atoms with Crippen LogP contribution in [0.5, 0.6) is 5.75 Å². The standard InChI is InChI=1S/C16H14Cl2N2O3/c1-10(21)19-13-3-2-4-15(8-13)23-9-16(22)20-14-6-11(17)5-12(18)7-14/h2-8H,9H2,1H3,(H,19,21)(H,20,22). The molecule has 0 unspecified atom stereocenters. The molecule has 2 aromatic rings. The zero-order valence-electron chi connectivity index (χ0n) is 12.2. The van der Waals surface area contributed by atoms with Crippen molar-refractivity contribution >= 4 is 46.4 Å². The van der Waals surface area contributed by atoms with Crippen molar-refractivity contribution in [3.8, 4) is 5.75 Å². The Morgan fingerprint density at radius 3 is 2.35 bits per heavy atom. The summed E-state index contributed by atoms with van der Waals surface area (Å²) in [7, 11) is 0. The maximum Gasteiger partial charge on any atom is 0.262 e. The van der Waals surface area contributed by atoms with E-state index < -0.39 is 0 Å². The maximum atomic E-state index is 11.9. The van der Waals surface area contributed by atoms with Crippen molar-refractivity contribution in [2.75, 3.05) is 17.2 Å². The van der Waals surface area contributed by atoms with Crippen LogP contribution in [0.2, 0.25) is 10.0 Å². The number of benzene rings is 2. The average Bonchev–Trinajstić information content (AvgIpc) is 2.43. The van der Waals surface area contributed by atoms with Crippen molar-refractivity contribution in [1.29, 1.82) is 0 Å². The summed E-state index contributed by atoms with van der Waals surface area (Å²) in [5.41, 5.74) is 1.08. The van der Waals surface area contributed by atoms with Crippen LogP contribution in [0.3, 0.4) is 0 Å². The van der Waals surface area contributed by atoms with Crippen molar-refractivity contribution in [3.05, 3.63) is 52.5 Å². The van der Waals surface area contributed by atoms with Crippen LogP contribution < -0.4 is 15.4 Å². The topological polar surface area (TPSA) is 67.4 Å². The van der Waals surface area contributed by atoms with Gasteiger partial charge in [0.1, 0.15) is 5.75 Å². The number of carbonyl (C=O) groups is 2. The highest BCUT2D eigenvalue weighted by atomic mass is 35.5. The van der Waals surface area contributed by atoms with E-state index in [1.54, 1.807) is 42.5 Å². The average molecular weight is 353 g/mol. The number of rotatable bonds is 5. The summed E-state index contributed by atoms with van der Waals surface area (Å²) in [6, 6.07) is 11.5. The van der Waals surface area contributed by atoms with Crippen LogP contribution in [0.25, 0.3) is 0 Å². The highest BCUT2D eigenvalue weighted by molar-refractivity contribution is 6.35. The maximum absolute atomic E-state index is 11.9. The summed E-state index contributed by atoms with van der Waals surface area (Å²) in [5, 5.41) is 6.13. The van der Waals surface area contributed by atoms with Crippen molar-refractivity contribution in [2.24, 2.45) is 0 Å². The van der Waals surface area contributed by atoms with Gasteiger partial charge >= 0.3 is 0 Å². The molecule has 0 aliphatic carbocycles. The van der Waals surface area contributed by atoms with E-state index in [0.717, 1.165) is 0 Å². The Labute approximate surface area is 143 Å². The molecule has 2 rings (SSSR count). The number of nitrogens with one attached hydrogen (secondary N) is 2. The molecule has 0 fully saturated rings. The summed E-state index contributed by atoms with van der Waals surface area (Å²) >= 11 is 11.7. The Balaban J connectivity index is 1.92. The first-order valence-electron chi connectivity index (χ1n) is 6.69. The Morgan fingerprint density at radius 1 is 1.00 bits per heavy atom. The van der Waals surface area contributed by atoms with E-state index in [-0.39, 0.29) is 18.4 Å². The first-order valence-corrected chi connectivity index (χ1v) is 7.44. The summed E-state index contributed by atoms with van der Waals surface area (Å²) in [6.07, 6.45) is 0. The number of hydrogen-bond donors (Lipinski definition) is 2. The molecule has 0 heterocycles. The minimum Gasteiger partial charge on any atom is -0.484 e. The third-order valence-electron chi connectivity index (χ3n) is 2.67. The molecular formula is C16H14Cl2N2O3. The summed E-state index contributed by atoms with van der Waals surface area (Å²) in [6.45, 7) is 1.23. The fraction of sp³-hybridized carbons (Fsp3) is 0.125. The smallest absolute Gasteiger partial charge is 0.262 e. The van der Waals surface area contributed by atoms with E-state index >= 15 is 0 Å². The second-order valence-corrected chi connectivity index (χ2v) is 5.58. The summed E-state index contributed by atoms with van der Waals surface area (Å²) < 4.78 is 5.39. The Kier molecular flexibility index (Phi) is 5.84. The zero-order valence-corrected chi connectivity index (χ0v) is 13.7. The molecule has 2 N–H and O–H groups in total. The Hall–Kier alpha value is -2.24. The Morgan fingerprint density at radius 2 is 1.70 bits per heavy atom. The lowest BCUT2D eigenvalue weighted by atomic mass is 10.3. The van der Waals surface area contributed by atoms with Gasteiger partial charge in [0, 0.05) is 34.4 Å². The van der Waals surface area contributed by atoms with Gasteiger partial charge in [-0.2, -0.15) is 0 Å². The van der Waals surface area contributed by atoms with Gasteiger partial charge < -0.3 is 15.4 Å². The van der Waals surface area contributed by atoms with Gasteiger partial charge in [-0.05, 0) is 30.3 Å². The van der Waals surface area contributed by atoms with Gasteiger partial charge in [0.25, 0.3) is 5.91 Å². The predicted octanol–water partition coefficient (Wildman–Crippen LogP) is 3.97. The highest BCUT2D eigenvalue weighted by Gasteiger charge is 2.06. The van der Waals surface area contributed by atoms with Gasteiger partial charge in [-0.25, -0.2) is 0 Å². The number of hydrogen-bond acceptors (Lipinski definition) is 3. The van der Waals surface area contributed by atoms with Gasteiger partial charge in [-0.15, -0.1) is 0 Å². The molecule has 0 atom stereocenters. The normalized spacial score (nSPS) is 10.0. The fourth-order valence-corrected chi connectivity index (χ4v) is 2.36. The second-order valence-electron chi connectivity index (χ2n) is 4.70. The summed E-state index contributed by atoms with van der Waals surface area (Å²) in [5.74, 6) is -0.0680. The molecule has 0 spiro atoms. The van der Waals surface area contributed by atoms with Crippen LogP contribution in [-0.2, 0) is 9.59 Å². The van der Waals surface area contributed by atoms with E-state index in [2.05, 4.69) is 10.6 Å². The molecule has 0 saturated heterocycles. The van der Waals surface area contributed by atoms with E-state index in [4.69, 9.17) is 27.9 Å². The predicted molar refractivity (Wildman–Crippen MR) is 91.3 cm³/mol. The lowest BCUT2D eigenvalue weighted by Gasteiger charge is -2.09. The quantitative estimate of drug-likeness (QED) is 0.855. The van der Waals surface area contributed by atoms with Crippen molar-refractivity contribution < 1.29 is 14.3 Å². The van der Waals surface area contributed by atoms with Crippen LogP contribution in [-0.4, -0.2) is 18.4 Å². The lowest BCUT2D eigenvalue weighted by molar-refractivity contribution is -0.118. The van der Waals surface area contributed by atoms with Crippen LogP contribution in [0.15, 0.2) is 42.5 Å². The van der Waals surface area contributed by atoms with Crippen LogP contribution in [0.4, 0.5) is 11.4 Å². The van der Waals surface area contributed by atoms with Crippen LogP contribution in [0, 0.1) is 0 Å². The monoisotopic (exact) mass is 352 g/mol. The Bertz CT molecular complexity index is 715. The number of ether oxygens (including phenoxy) is 1. The minimum absolute atomic E-state index is 0.183. The molecule has 7 heteroatoms. The molecule has 0 bridgehead atoms. The molecule has 2 aromatic carbocycles. The van der Waals surface area contributed by atoms with Gasteiger partial charge in [0.2, 0.25) is 5.91 Å². The van der Waals surface area contributed by atoms with E-state index in [1.165, 1.54) is 6.92 Å². The molecule has 120 valence electrons. The zero-order chi connectivity index (χ0) is 16.8. The van der Waals surface area contributed by atoms with E-state index in [9.17, 15) is 9.59 Å². The highest BCUT2D eigenvalue weighted by Crippen LogP contribution is 2.22. The molecule has 0 aromatic heterocycles. The molecule has 2 amide bonds. The van der Waals surface area contributed by atoms with Crippen LogP contribution in [0.1, 0.15) is 6.92 Å². The number of amides is 2. The van der Waals surface area contributed by atoms with E-state index in [1.807, 2.05) is 0 Å². The third-order valence-corrected chi connectivity index (χ3v) is 3.11. The second kappa shape index (κ2) is 7.85. The lowest BCUT2D eigenvalue weighted by Crippen LogP contribution is -2.20. The van der Waals surface area contributed by atoms with Crippen molar-refractivity contribution in [2.45, 2.75) is 6.92 Å². The first-order chi connectivity index (χ1) is 10.9. The van der Waals surface area contributed by atoms with Gasteiger partial charge in [0.05, 0.1) is 0 Å². The van der Waals surface area contributed by atoms with Gasteiger partial charge in [-0.1, -0.05) is 29.3 Å². The molecule has 0 aliphatic heterocycles. The number of halogens is 2. The summed E-state index contributed by atoms with van der Waals surface area (Å²) in [4.78, 5) is 22.9. The van der Waals surface area contributed by atoms with Crippen molar-refractivity contribution in [3.63, 3.8) is 0 Å². The SMILES string of the molecule is CC(=O)Nc1cccc(OCC(=O)Nc2cc(Cl)cc(Cl)c2)c1. The minimum atomic E-state index is -0.353. The first kappa shape index (κ1) is 17.1. The largest absolute Gasteiger partial charge is 0.484 e. The molecule has 5 nitrogen and oxygen atoms in total. The van der Waals surface area contributed by atoms with Gasteiger partial charge in [-0.3, -0.25) is 9.59 Å².